The molecule has 0 amide bonds. The Morgan fingerprint density at radius 3 is 2.26 bits per heavy atom. The van der Waals surface area contributed by atoms with Gasteiger partial charge in [0.15, 0.2) is 0 Å². The number of phenols is 2. The first kappa shape index (κ1) is 17.9. The number of hydrogen-bond acceptors (Lipinski definition) is 6. The second kappa shape index (κ2) is 6.59. The Balaban J connectivity index is 0.00000192. The van der Waals surface area contributed by atoms with Gasteiger partial charge in [0.1, 0.15) is 17.2 Å². The molecule has 1 aliphatic rings. The highest BCUT2D eigenvalue weighted by Gasteiger charge is 2.42. The van der Waals surface area contributed by atoms with E-state index in [0.717, 1.165) is 16.9 Å². The Hall–Kier alpha value is -1.44. The van der Waals surface area contributed by atoms with E-state index >= 15 is 0 Å². The molecule has 8 N–H and O–H groups in total. The zero-order valence-corrected chi connectivity index (χ0v) is 14.0. The fraction of sp³-hybridized carbons (Fsp3) is 0.250. The third-order valence-electron chi connectivity index (χ3n) is 4.06. The van der Waals surface area contributed by atoms with Crippen molar-refractivity contribution in [2.24, 2.45) is 17.2 Å². The van der Waals surface area contributed by atoms with Gasteiger partial charge in [-0.2, -0.15) is 0 Å². The maximum Gasteiger partial charge on any atom is 0.115 e. The number of hydrogen-bond donors (Lipinski definition) is 5. The summed E-state index contributed by atoms with van der Waals surface area (Å²) in [5.74, 6) is 0.362. The summed E-state index contributed by atoms with van der Waals surface area (Å²) in [4.78, 5) is 0.997. The first-order chi connectivity index (χ1) is 10.4. The van der Waals surface area contributed by atoms with Gasteiger partial charge in [0.2, 0.25) is 0 Å². The Labute approximate surface area is 145 Å². The van der Waals surface area contributed by atoms with Gasteiger partial charge in [0.05, 0.1) is 6.04 Å². The molecule has 3 rings (SSSR count). The van der Waals surface area contributed by atoms with E-state index < -0.39 is 11.7 Å². The zero-order valence-electron chi connectivity index (χ0n) is 12.3. The largest absolute Gasteiger partial charge is 0.508 e. The van der Waals surface area contributed by atoms with Crippen LogP contribution in [0.4, 0.5) is 0 Å². The van der Waals surface area contributed by atoms with Crippen molar-refractivity contribution < 1.29 is 10.2 Å². The lowest BCUT2D eigenvalue weighted by atomic mass is 9.80. The van der Waals surface area contributed by atoms with Gasteiger partial charge >= 0.3 is 0 Å². The van der Waals surface area contributed by atoms with Gasteiger partial charge in [0, 0.05) is 10.1 Å². The molecule has 0 fully saturated rings. The van der Waals surface area contributed by atoms with E-state index in [4.69, 9.17) is 17.2 Å². The second-order valence-corrected chi connectivity index (χ2v) is 6.97. The standard InChI is InChI=1S/C16H19N3O2S.ClH/c17-15-14(22-12-5-3-10(20)4-6-12)7-9-1-2-11(21)8-13(9)16(15,18)19;/h1-6,8,14-15,20-21H,7,17-19H2;1H/t14-,15+;/m0./s1. The lowest BCUT2D eigenvalue weighted by Crippen LogP contribution is -2.65. The number of halogens is 1. The summed E-state index contributed by atoms with van der Waals surface area (Å²) < 4.78 is 0. The molecule has 7 heteroatoms. The third kappa shape index (κ3) is 3.41. The van der Waals surface area contributed by atoms with E-state index in [1.54, 1.807) is 36.0 Å². The fourth-order valence-corrected chi connectivity index (χ4v) is 4.07. The summed E-state index contributed by atoms with van der Waals surface area (Å²) in [5, 5.41) is 19.0. The van der Waals surface area contributed by atoms with Crippen LogP contribution in [-0.2, 0) is 12.1 Å². The molecule has 0 aromatic heterocycles. The molecule has 0 saturated heterocycles. The van der Waals surface area contributed by atoms with E-state index in [-0.39, 0.29) is 29.2 Å². The smallest absolute Gasteiger partial charge is 0.115 e. The van der Waals surface area contributed by atoms with Crippen LogP contribution in [-0.4, -0.2) is 21.5 Å². The average Bonchev–Trinajstić information content (AvgIpc) is 2.48. The van der Waals surface area contributed by atoms with Gasteiger partial charge in [-0.1, -0.05) is 6.07 Å². The molecular formula is C16H20ClN3O2S. The minimum atomic E-state index is -1.19. The van der Waals surface area contributed by atoms with Crippen LogP contribution in [0.1, 0.15) is 11.1 Å². The van der Waals surface area contributed by atoms with Crippen LogP contribution in [0.2, 0.25) is 0 Å². The summed E-state index contributed by atoms with van der Waals surface area (Å²) in [6.45, 7) is 0. The molecule has 0 unspecified atom stereocenters. The number of aromatic hydroxyl groups is 2. The highest BCUT2D eigenvalue weighted by atomic mass is 35.5. The molecule has 0 saturated carbocycles. The Kier molecular flexibility index (Phi) is 5.13. The molecule has 23 heavy (non-hydrogen) atoms. The average molecular weight is 354 g/mol. The van der Waals surface area contributed by atoms with Crippen LogP contribution in [0.25, 0.3) is 0 Å². The van der Waals surface area contributed by atoms with Crippen LogP contribution < -0.4 is 17.2 Å². The molecule has 0 aliphatic heterocycles. The minimum Gasteiger partial charge on any atom is -0.508 e. The number of benzene rings is 2. The Bertz CT molecular complexity index is 694. The van der Waals surface area contributed by atoms with Gasteiger partial charge in [-0.25, -0.2) is 0 Å². The van der Waals surface area contributed by atoms with Crippen molar-refractivity contribution in [3.63, 3.8) is 0 Å². The van der Waals surface area contributed by atoms with Crippen LogP contribution in [0, 0.1) is 0 Å². The molecule has 124 valence electrons. The van der Waals surface area contributed by atoms with Gasteiger partial charge in [-0.15, -0.1) is 24.2 Å². The molecule has 2 atom stereocenters. The number of rotatable bonds is 2. The Morgan fingerprint density at radius 2 is 1.61 bits per heavy atom. The normalized spacial score (nSPS) is 22.0. The minimum absolute atomic E-state index is 0. The number of phenolic OH excluding ortho intramolecular Hbond substituents is 2. The molecule has 2 aromatic carbocycles. The zero-order chi connectivity index (χ0) is 15.9. The SMILES string of the molecule is Cl.N[C@@H]1[C@@H](Sc2ccc(O)cc2)Cc2ccc(O)cc2C1(N)N. The maximum absolute atomic E-state index is 9.65. The summed E-state index contributed by atoms with van der Waals surface area (Å²) in [6, 6.07) is 11.6. The lowest BCUT2D eigenvalue weighted by Gasteiger charge is -2.42. The molecule has 5 nitrogen and oxygen atoms in total. The summed E-state index contributed by atoms with van der Waals surface area (Å²) >= 11 is 1.59. The Morgan fingerprint density at radius 1 is 1.00 bits per heavy atom. The van der Waals surface area contributed by atoms with E-state index in [1.807, 2.05) is 18.2 Å². The highest BCUT2D eigenvalue weighted by Crippen LogP contribution is 2.39. The first-order valence-electron chi connectivity index (χ1n) is 6.99. The topological polar surface area (TPSA) is 119 Å². The predicted octanol–water partition coefficient (Wildman–Crippen LogP) is 1.63. The molecule has 0 heterocycles. The maximum atomic E-state index is 9.65. The van der Waals surface area contributed by atoms with Gasteiger partial charge < -0.3 is 27.4 Å². The molecule has 0 radical (unpaired) electrons. The van der Waals surface area contributed by atoms with E-state index in [2.05, 4.69) is 0 Å². The summed E-state index contributed by atoms with van der Waals surface area (Å²) in [6.07, 6.45) is 0.721. The van der Waals surface area contributed by atoms with Gasteiger partial charge in [-0.05, 0) is 53.9 Å². The molecule has 1 aliphatic carbocycles. The van der Waals surface area contributed by atoms with Gasteiger partial charge in [-0.3, -0.25) is 0 Å². The molecular weight excluding hydrogens is 334 g/mol. The molecule has 0 bridgehead atoms. The number of fused-ring (bicyclic) bond motifs is 1. The van der Waals surface area contributed by atoms with Gasteiger partial charge in [0.25, 0.3) is 0 Å². The molecule has 2 aromatic rings. The highest BCUT2D eigenvalue weighted by molar-refractivity contribution is 8.00. The monoisotopic (exact) mass is 353 g/mol. The first-order valence-corrected chi connectivity index (χ1v) is 7.87. The van der Waals surface area contributed by atoms with Crippen molar-refractivity contribution in [1.82, 2.24) is 0 Å². The van der Waals surface area contributed by atoms with Crippen molar-refractivity contribution in [1.29, 1.82) is 0 Å². The second-order valence-electron chi connectivity index (χ2n) is 5.65. The van der Waals surface area contributed by atoms with Crippen LogP contribution in [0.3, 0.4) is 0 Å². The van der Waals surface area contributed by atoms with Crippen molar-refractivity contribution in [2.45, 2.75) is 28.3 Å². The molecule has 0 spiro atoms. The summed E-state index contributed by atoms with van der Waals surface area (Å²) in [5.41, 5.74) is 19.3. The van der Waals surface area contributed by atoms with Crippen molar-refractivity contribution in [2.75, 3.05) is 0 Å². The van der Waals surface area contributed by atoms with E-state index in [9.17, 15) is 10.2 Å². The number of nitrogens with two attached hydrogens (primary N) is 3. The van der Waals surface area contributed by atoms with Crippen molar-refractivity contribution >= 4 is 24.2 Å². The van der Waals surface area contributed by atoms with E-state index in [1.165, 1.54) is 0 Å². The van der Waals surface area contributed by atoms with Crippen LogP contribution in [0.5, 0.6) is 11.5 Å². The predicted molar refractivity (Wildman–Crippen MR) is 94.8 cm³/mol. The quantitative estimate of drug-likeness (QED) is 0.524. The third-order valence-corrected chi connectivity index (χ3v) is 5.36. The van der Waals surface area contributed by atoms with Crippen molar-refractivity contribution in [3.8, 4) is 11.5 Å². The number of thioether (sulfide) groups is 1. The fourth-order valence-electron chi connectivity index (χ4n) is 2.79. The van der Waals surface area contributed by atoms with Crippen molar-refractivity contribution in [3.05, 3.63) is 53.6 Å². The lowest BCUT2D eigenvalue weighted by molar-refractivity contribution is 0.331. The van der Waals surface area contributed by atoms with Crippen LogP contribution in [0.15, 0.2) is 47.4 Å². The van der Waals surface area contributed by atoms with Crippen LogP contribution >= 0.6 is 24.2 Å². The summed E-state index contributed by atoms with van der Waals surface area (Å²) in [7, 11) is 0. The van der Waals surface area contributed by atoms with E-state index in [0.29, 0.717) is 5.56 Å².